The Balaban J connectivity index is 2.13. The van der Waals surface area contributed by atoms with Crippen LogP contribution in [0.15, 0.2) is 0 Å². The van der Waals surface area contributed by atoms with E-state index in [1.165, 1.54) is 6.42 Å². The smallest absolute Gasteiger partial charge is 0.326 e. The van der Waals surface area contributed by atoms with Gasteiger partial charge in [-0.1, -0.05) is 26.7 Å². The molecule has 102 valence electrons. The fourth-order valence-corrected chi connectivity index (χ4v) is 3.92. The highest BCUT2D eigenvalue weighted by atomic mass is 16.4. The van der Waals surface area contributed by atoms with Gasteiger partial charge < -0.3 is 10.4 Å². The lowest BCUT2D eigenvalue weighted by Crippen LogP contribution is -2.46. The molecule has 2 fully saturated rings. The summed E-state index contributed by atoms with van der Waals surface area (Å²) < 4.78 is 0. The normalized spacial score (nSPS) is 36.1. The van der Waals surface area contributed by atoms with Gasteiger partial charge in [0.25, 0.3) is 0 Å². The lowest BCUT2D eigenvalue weighted by molar-refractivity contribution is -0.143. The Morgan fingerprint density at radius 2 is 2.28 bits per heavy atom. The Hall–Kier alpha value is -1.06. The van der Waals surface area contributed by atoms with Gasteiger partial charge in [0.1, 0.15) is 6.04 Å². The highest BCUT2D eigenvalue weighted by Crippen LogP contribution is 2.48. The minimum Gasteiger partial charge on any atom is -0.480 e. The number of aliphatic carboxylic acids is 1. The third-order valence-electron chi connectivity index (χ3n) is 4.46. The van der Waals surface area contributed by atoms with Crippen molar-refractivity contribution in [2.45, 2.75) is 58.4 Å². The largest absolute Gasteiger partial charge is 0.480 e. The zero-order chi connectivity index (χ0) is 13.3. The van der Waals surface area contributed by atoms with Crippen LogP contribution in [0.4, 0.5) is 0 Å². The van der Waals surface area contributed by atoms with Crippen LogP contribution in [0.25, 0.3) is 0 Å². The van der Waals surface area contributed by atoms with Crippen molar-refractivity contribution in [3.8, 4) is 0 Å². The van der Waals surface area contributed by atoms with Crippen molar-refractivity contribution < 1.29 is 14.7 Å². The van der Waals surface area contributed by atoms with E-state index in [1.807, 2.05) is 0 Å². The average Bonchev–Trinajstić information content (AvgIpc) is 2.54. The number of carboxylic acid groups (broad SMARTS) is 1. The molecule has 2 N–H and O–H groups in total. The molecule has 3 unspecified atom stereocenters. The Labute approximate surface area is 108 Å². The van der Waals surface area contributed by atoms with E-state index in [-0.39, 0.29) is 11.3 Å². The molecule has 2 aliphatic rings. The standard InChI is InChI=1S/C14H23NO3/c1-9(2)6-10-4-3-5-14(7-10)8-11(16)15-12(14)13(17)18/h9-10,12H,3-8H2,1-2H3,(H,15,16)(H,17,18). The maximum absolute atomic E-state index is 11.6. The molecule has 4 nitrogen and oxygen atoms in total. The summed E-state index contributed by atoms with van der Waals surface area (Å²) in [7, 11) is 0. The maximum atomic E-state index is 11.6. The molecule has 3 atom stereocenters. The zero-order valence-corrected chi connectivity index (χ0v) is 11.2. The van der Waals surface area contributed by atoms with Gasteiger partial charge in [0.2, 0.25) is 5.91 Å². The molecule has 0 radical (unpaired) electrons. The lowest BCUT2D eigenvalue weighted by Gasteiger charge is -2.40. The van der Waals surface area contributed by atoms with E-state index in [0.717, 1.165) is 25.7 Å². The quantitative estimate of drug-likeness (QED) is 0.810. The van der Waals surface area contributed by atoms with E-state index < -0.39 is 12.0 Å². The van der Waals surface area contributed by atoms with Gasteiger partial charge in [-0.3, -0.25) is 4.79 Å². The Morgan fingerprint density at radius 1 is 1.56 bits per heavy atom. The Bertz CT molecular complexity index is 353. The summed E-state index contributed by atoms with van der Waals surface area (Å²) >= 11 is 0. The zero-order valence-electron chi connectivity index (χ0n) is 11.2. The Morgan fingerprint density at radius 3 is 2.89 bits per heavy atom. The van der Waals surface area contributed by atoms with E-state index in [1.54, 1.807) is 0 Å². The number of nitrogens with one attached hydrogen (secondary N) is 1. The molecule has 4 heteroatoms. The first-order valence-electron chi connectivity index (χ1n) is 6.95. The van der Waals surface area contributed by atoms with Gasteiger partial charge in [0, 0.05) is 11.8 Å². The van der Waals surface area contributed by atoms with Crippen LogP contribution in [0.1, 0.15) is 52.4 Å². The molecule has 1 saturated carbocycles. The van der Waals surface area contributed by atoms with Crippen molar-refractivity contribution in [3.05, 3.63) is 0 Å². The van der Waals surface area contributed by atoms with Gasteiger partial charge in [0.05, 0.1) is 0 Å². The van der Waals surface area contributed by atoms with Gasteiger partial charge >= 0.3 is 5.97 Å². The van der Waals surface area contributed by atoms with E-state index in [9.17, 15) is 14.7 Å². The fourth-order valence-electron chi connectivity index (χ4n) is 3.92. The van der Waals surface area contributed by atoms with Crippen molar-refractivity contribution in [1.29, 1.82) is 0 Å². The summed E-state index contributed by atoms with van der Waals surface area (Å²) in [6.45, 7) is 4.40. The number of carbonyl (C=O) groups excluding carboxylic acids is 1. The summed E-state index contributed by atoms with van der Waals surface area (Å²) in [5.74, 6) is 0.255. The SMILES string of the molecule is CC(C)CC1CCCC2(CC(=O)NC2C(=O)O)C1. The molecule has 0 aromatic carbocycles. The van der Waals surface area contributed by atoms with Crippen LogP contribution in [-0.4, -0.2) is 23.0 Å². The van der Waals surface area contributed by atoms with Crippen molar-refractivity contribution in [2.24, 2.45) is 17.3 Å². The van der Waals surface area contributed by atoms with Crippen LogP contribution >= 0.6 is 0 Å². The minimum atomic E-state index is -0.869. The van der Waals surface area contributed by atoms with Crippen LogP contribution in [0, 0.1) is 17.3 Å². The summed E-state index contributed by atoms with van der Waals surface area (Å²) in [4.78, 5) is 22.9. The third-order valence-corrected chi connectivity index (χ3v) is 4.46. The van der Waals surface area contributed by atoms with Crippen molar-refractivity contribution in [3.63, 3.8) is 0 Å². The molecule has 0 aromatic rings. The van der Waals surface area contributed by atoms with Crippen molar-refractivity contribution in [2.75, 3.05) is 0 Å². The minimum absolute atomic E-state index is 0.0902. The predicted molar refractivity (Wildman–Crippen MR) is 68.0 cm³/mol. The molecule has 1 aliphatic heterocycles. The highest BCUT2D eigenvalue weighted by molar-refractivity contribution is 5.89. The molecule has 1 amide bonds. The summed E-state index contributed by atoms with van der Waals surface area (Å²) in [5.41, 5.74) is -0.319. The summed E-state index contributed by atoms with van der Waals surface area (Å²) in [6.07, 6.45) is 5.54. The van der Waals surface area contributed by atoms with Crippen LogP contribution in [0.2, 0.25) is 0 Å². The third kappa shape index (κ3) is 2.52. The molecule has 1 spiro atoms. The summed E-state index contributed by atoms with van der Waals surface area (Å²) in [6, 6.07) is -0.667. The van der Waals surface area contributed by atoms with Gasteiger partial charge in [-0.2, -0.15) is 0 Å². The fraction of sp³-hybridized carbons (Fsp3) is 0.857. The second-order valence-corrected chi connectivity index (χ2v) is 6.47. The average molecular weight is 253 g/mol. The first-order chi connectivity index (χ1) is 8.43. The molecular weight excluding hydrogens is 230 g/mol. The second kappa shape index (κ2) is 4.90. The molecule has 1 saturated heterocycles. The van der Waals surface area contributed by atoms with E-state index in [2.05, 4.69) is 19.2 Å². The number of rotatable bonds is 3. The number of hydrogen-bond acceptors (Lipinski definition) is 2. The van der Waals surface area contributed by atoms with E-state index in [0.29, 0.717) is 18.3 Å². The van der Waals surface area contributed by atoms with Crippen molar-refractivity contribution >= 4 is 11.9 Å². The molecule has 18 heavy (non-hydrogen) atoms. The van der Waals surface area contributed by atoms with E-state index >= 15 is 0 Å². The molecule has 1 aliphatic carbocycles. The first kappa shape index (κ1) is 13.4. The number of carboxylic acids is 1. The van der Waals surface area contributed by atoms with Crippen LogP contribution in [0.5, 0.6) is 0 Å². The first-order valence-corrected chi connectivity index (χ1v) is 6.95. The monoisotopic (exact) mass is 253 g/mol. The van der Waals surface area contributed by atoms with Crippen LogP contribution < -0.4 is 5.32 Å². The topological polar surface area (TPSA) is 66.4 Å². The summed E-state index contributed by atoms with van der Waals surface area (Å²) in [5, 5.41) is 12.0. The molecule has 1 heterocycles. The molecular formula is C14H23NO3. The van der Waals surface area contributed by atoms with Gasteiger partial charge in [0.15, 0.2) is 0 Å². The van der Waals surface area contributed by atoms with Gasteiger partial charge in [-0.15, -0.1) is 0 Å². The Kier molecular flexibility index (Phi) is 3.64. The highest BCUT2D eigenvalue weighted by Gasteiger charge is 2.52. The maximum Gasteiger partial charge on any atom is 0.326 e. The predicted octanol–water partition coefficient (Wildman–Crippen LogP) is 2.18. The molecule has 0 aromatic heterocycles. The number of amides is 1. The van der Waals surface area contributed by atoms with Crippen LogP contribution in [0.3, 0.4) is 0 Å². The molecule has 2 rings (SSSR count). The van der Waals surface area contributed by atoms with E-state index in [4.69, 9.17) is 0 Å². The van der Waals surface area contributed by atoms with Crippen molar-refractivity contribution in [1.82, 2.24) is 5.32 Å². The number of carbonyl (C=O) groups is 2. The number of hydrogen-bond donors (Lipinski definition) is 2. The van der Waals surface area contributed by atoms with Crippen LogP contribution in [-0.2, 0) is 9.59 Å². The van der Waals surface area contributed by atoms with Gasteiger partial charge in [-0.25, -0.2) is 4.79 Å². The second-order valence-electron chi connectivity index (χ2n) is 6.47. The lowest BCUT2D eigenvalue weighted by atomic mass is 9.64. The molecule has 0 bridgehead atoms. The van der Waals surface area contributed by atoms with Gasteiger partial charge in [-0.05, 0) is 31.1 Å².